The number of aryl methyl sites for hydroxylation is 2. The second-order valence-corrected chi connectivity index (χ2v) is 6.18. The molecule has 0 saturated heterocycles. The number of hydrogen-bond donors (Lipinski definition) is 0. The van der Waals surface area contributed by atoms with E-state index in [9.17, 15) is 0 Å². The maximum atomic E-state index is 5.86. The van der Waals surface area contributed by atoms with Crippen LogP contribution < -0.4 is 0 Å². The summed E-state index contributed by atoms with van der Waals surface area (Å²) in [7, 11) is 2.02. The Kier molecular flexibility index (Phi) is 3.85. The van der Waals surface area contributed by atoms with Crippen LogP contribution >= 0.6 is 23.4 Å². The third-order valence-electron chi connectivity index (χ3n) is 3.71. The Morgan fingerprint density at radius 3 is 2.95 bits per heavy atom. The van der Waals surface area contributed by atoms with E-state index in [4.69, 9.17) is 11.6 Å². The van der Waals surface area contributed by atoms with Crippen LogP contribution in [0, 0.1) is 0 Å². The SMILES string of the molecule is Cn1c(CCl)cnc1SCc1ccc2c(c1)CCC2. The fourth-order valence-electron chi connectivity index (χ4n) is 2.55. The zero-order valence-electron chi connectivity index (χ0n) is 11.0. The molecule has 1 aliphatic rings. The molecule has 4 heteroatoms. The van der Waals surface area contributed by atoms with E-state index in [0.29, 0.717) is 5.88 Å². The molecule has 0 atom stereocenters. The standard InChI is InChI=1S/C15H17ClN2S/c1-18-14(8-16)9-17-15(18)19-10-11-5-6-12-3-2-4-13(12)7-11/h5-7,9H,2-4,8,10H2,1H3. The van der Waals surface area contributed by atoms with E-state index in [2.05, 4.69) is 27.8 Å². The fourth-order valence-corrected chi connectivity index (χ4v) is 3.71. The summed E-state index contributed by atoms with van der Waals surface area (Å²) in [6.45, 7) is 0. The molecule has 0 aliphatic heterocycles. The number of alkyl halides is 1. The molecule has 100 valence electrons. The number of benzene rings is 1. The minimum atomic E-state index is 0.517. The second kappa shape index (κ2) is 5.59. The molecule has 0 N–H and O–H groups in total. The molecule has 0 spiro atoms. The first-order valence-electron chi connectivity index (χ1n) is 6.58. The first-order chi connectivity index (χ1) is 9.28. The topological polar surface area (TPSA) is 17.8 Å². The fraction of sp³-hybridized carbons (Fsp3) is 0.400. The summed E-state index contributed by atoms with van der Waals surface area (Å²) in [5.74, 6) is 1.49. The first-order valence-corrected chi connectivity index (χ1v) is 8.10. The highest BCUT2D eigenvalue weighted by Crippen LogP contribution is 2.27. The minimum Gasteiger partial charge on any atom is -0.325 e. The van der Waals surface area contributed by atoms with Crippen LogP contribution in [0.4, 0.5) is 0 Å². The van der Waals surface area contributed by atoms with Gasteiger partial charge in [-0.25, -0.2) is 4.98 Å². The third-order valence-corrected chi connectivity index (χ3v) is 5.10. The van der Waals surface area contributed by atoms with Crippen molar-refractivity contribution < 1.29 is 0 Å². The predicted octanol–water partition coefficient (Wildman–Crippen LogP) is 3.94. The van der Waals surface area contributed by atoms with Crippen molar-refractivity contribution in [1.82, 2.24) is 9.55 Å². The van der Waals surface area contributed by atoms with Crippen molar-refractivity contribution in [3.63, 3.8) is 0 Å². The van der Waals surface area contributed by atoms with E-state index in [0.717, 1.165) is 16.6 Å². The first kappa shape index (κ1) is 13.1. The van der Waals surface area contributed by atoms with E-state index < -0.39 is 0 Å². The van der Waals surface area contributed by atoms with Crippen LogP contribution in [-0.4, -0.2) is 9.55 Å². The van der Waals surface area contributed by atoms with Crippen molar-refractivity contribution in [3.8, 4) is 0 Å². The van der Waals surface area contributed by atoms with Crippen LogP contribution in [0.1, 0.15) is 28.8 Å². The van der Waals surface area contributed by atoms with Gasteiger partial charge in [0.15, 0.2) is 5.16 Å². The summed E-state index contributed by atoms with van der Waals surface area (Å²) >= 11 is 7.63. The Morgan fingerprint density at radius 1 is 1.32 bits per heavy atom. The maximum Gasteiger partial charge on any atom is 0.168 e. The van der Waals surface area contributed by atoms with Gasteiger partial charge >= 0.3 is 0 Å². The Balaban J connectivity index is 1.70. The van der Waals surface area contributed by atoms with Gasteiger partial charge in [0.2, 0.25) is 0 Å². The lowest BCUT2D eigenvalue weighted by Crippen LogP contribution is -1.96. The Morgan fingerprint density at radius 2 is 2.16 bits per heavy atom. The molecule has 1 aromatic heterocycles. The zero-order valence-corrected chi connectivity index (χ0v) is 12.6. The number of nitrogens with zero attached hydrogens (tertiary/aromatic N) is 2. The van der Waals surface area contributed by atoms with Crippen molar-refractivity contribution >= 4 is 23.4 Å². The number of hydrogen-bond acceptors (Lipinski definition) is 2. The lowest BCUT2D eigenvalue weighted by Gasteiger charge is -2.06. The highest BCUT2D eigenvalue weighted by Gasteiger charge is 2.11. The van der Waals surface area contributed by atoms with E-state index in [-0.39, 0.29) is 0 Å². The van der Waals surface area contributed by atoms with E-state index in [1.54, 1.807) is 17.3 Å². The molecule has 0 bridgehead atoms. The summed E-state index contributed by atoms with van der Waals surface area (Å²) in [6.07, 6.45) is 5.66. The number of aromatic nitrogens is 2. The third kappa shape index (κ3) is 2.67. The number of imidazole rings is 1. The van der Waals surface area contributed by atoms with Gasteiger partial charge in [0.25, 0.3) is 0 Å². The zero-order chi connectivity index (χ0) is 13.2. The minimum absolute atomic E-state index is 0.517. The molecule has 0 amide bonds. The normalized spacial score (nSPS) is 13.8. The molecule has 0 fully saturated rings. The van der Waals surface area contributed by atoms with Crippen LogP contribution in [0.15, 0.2) is 29.6 Å². The van der Waals surface area contributed by atoms with Gasteiger partial charge in [-0.2, -0.15) is 0 Å². The Bertz CT molecular complexity index is 592. The molecule has 0 unspecified atom stereocenters. The molecule has 0 saturated carbocycles. The van der Waals surface area contributed by atoms with Gasteiger partial charge in [-0.05, 0) is 36.0 Å². The van der Waals surface area contributed by atoms with Gasteiger partial charge in [-0.15, -0.1) is 11.6 Å². The molecule has 3 rings (SSSR count). The van der Waals surface area contributed by atoms with Gasteiger partial charge < -0.3 is 4.57 Å². The summed E-state index contributed by atoms with van der Waals surface area (Å²) in [4.78, 5) is 4.42. The number of rotatable bonds is 4. The lowest BCUT2D eigenvalue weighted by molar-refractivity contribution is 0.761. The molecule has 1 aliphatic carbocycles. The Hall–Kier alpha value is -0.930. The Labute approximate surface area is 123 Å². The van der Waals surface area contributed by atoms with Crippen LogP contribution in [0.25, 0.3) is 0 Å². The second-order valence-electron chi connectivity index (χ2n) is 4.97. The van der Waals surface area contributed by atoms with Gasteiger partial charge in [0.05, 0.1) is 17.8 Å². The molecular weight excluding hydrogens is 276 g/mol. The summed E-state index contributed by atoms with van der Waals surface area (Å²) in [6, 6.07) is 6.91. The molecule has 2 aromatic rings. The van der Waals surface area contributed by atoms with Crippen LogP contribution in [0.5, 0.6) is 0 Å². The van der Waals surface area contributed by atoms with Crippen LogP contribution in [0.3, 0.4) is 0 Å². The highest BCUT2D eigenvalue weighted by molar-refractivity contribution is 7.98. The van der Waals surface area contributed by atoms with Gasteiger partial charge in [-0.1, -0.05) is 30.0 Å². The van der Waals surface area contributed by atoms with Gasteiger partial charge in [0.1, 0.15) is 0 Å². The van der Waals surface area contributed by atoms with Crippen molar-refractivity contribution in [1.29, 1.82) is 0 Å². The van der Waals surface area contributed by atoms with E-state index in [1.807, 2.05) is 13.2 Å². The summed E-state index contributed by atoms with van der Waals surface area (Å²) in [5.41, 5.74) is 5.54. The molecule has 1 aromatic carbocycles. The van der Waals surface area contributed by atoms with Crippen molar-refractivity contribution in [2.45, 2.75) is 36.1 Å². The molecule has 1 heterocycles. The van der Waals surface area contributed by atoms with Gasteiger partial charge in [-0.3, -0.25) is 0 Å². The van der Waals surface area contributed by atoms with Crippen molar-refractivity contribution in [2.75, 3.05) is 0 Å². The quantitative estimate of drug-likeness (QED) is 0.627. The smallest absolute Gasteiger partial charge is 0.168 e. The van der Waals surface area contributed by atoms with Crippen molar-refractivity contribution in [3.05, 3.63) is 46.8 Å². The number of fused-ring (bicyclic) bond motifs is 1. The van der Waals surface area contributed by atoms with E-state index in [1.165, 1.54) is 30.4 Å². The maximum absolute atomic E-state index is 5.86. The lowest BCUT2D eigenvalue weighted by atomic mass is 10.1. The average molecular weight is 293 g/mol. The summed E-state index contributed by atoms with van der Waals surface area (Å²) in [5, 5.41) is 1.04. The predicted molar refractivity (Wildman–Crippen MR) is 80.8 cm³/mol. The highest BCUT2D eigenvalue weighted by atomic mass is 35.5. The van der Waals surface area contributed by atoms with Gasteiger partial charge in [0, 0.05) is 12.8 Å². The van der Waals surface area contributed by atoms with Crippen molar-refractivity contribution in [2.24, 2.45) is 7.05 Å². The van der Waals surface area contributed by atoms with Crippen LogP contribution in [-0.2, 0) is 31.5 Å². The molecule has 19 heavy (non-hydrogen) atoms. The molecular formula is C15H17ClN2S. The molecule has 2 nitrogen and oxygen atoms in total. The van der Waals surface area contributed by atoms with E-state index >= 15 is 0 Å². The number of halogens is 1. The monoisotopic (exact) mass is 292 g/mol. The summed E-state index contributed by atoms with van der Waals surface area (Å²) < 4.78 is 2.07. The van der Waals surface area contributed by atoms with Crippen LogP contribution in [0.2, 0.25) is 0 Å². The average Bonchev–Trinajstić information content (AvgIpc) is 3.02. The largest absolute Gasteiger partial charge is 0.325 e. The number of thioether (sulfide) groups is 1. The molecule has 0 radical (unpaired) electrons.